The molecule has 0 saturated carbocycles. The van der Waals surface area contributed by atoms with E-state index in [0.29, 0.717) is 24.0 Å². The molecule has 28 heavy (non-hydrogen) atoms. The Bertz CT molecular complexity index is 869. The highest BCUT2D eigenvalue weighted by Gasteiger charge is 2.41. The third kappa shape index (κ3) is 4.22. The van der Waals surface area contributed by atoms with E-state index in [9.17, 15) is 13.6 Å². The first-order valence-electron chi connectivity index (χ1n) is 9.35. The van der Waals surface area contributed by atoms with Crippen LogP contribution in [0.1, 0.15) is 51.7 Å². The third-order valence-electron chi connectivity index (χ3n) is 4.76. The molecule has 0 bridgehead atoms. The Labute approximate surface area is 163 Å². The van der Waals surface area contributed by atoms with Gasteiger partial charge in [0.2, 0.25) is 0 Å². The molecule has 2 aromatic rings. The van der Waals surface area contributed by atoms with E-state index in [2.05, 4.69) is 27.5 Å². The minimum absolute atomic E-state index is 0.151. The minimum atomic E-state index is -2.66. The third-order valence-corrected chi connectivity index (χ3v) is 4.76. The molecule has 2 heterocycles. The van der Waals surface area contributed by atoms with Crippen LogP contribution in [-0.4, -0.2) is 34.8 Å². The number of halogens is 2. The summed E-state index contributed by atoms with van der Waals surface area (Å²) in [5.41, 5.74) is -0.484. The van der Waals surface area contributed by atoms with Crippen LogP contribution in [0.5, 0.6) is 0 Å². The van der Waals surface area contributed by atoms with Gasteiger partial charge in [0.05, 0.1) is 16.6 Å². The monoisotopic (exact) mass is 392 g/mol. The Hall–Kier alpha value is -2.35. The Morgan fingerprint density at radius 3 is 2.57 bits per heavy atom. The number of carbonyl (C=O) groups is 1. The molecule has 0 aliphatic carbocycles. The number of benzene rings is 1. The largest absolute Gasteiger partial charge is 0.444 e. The van der Waals surface area contributed by atoms with Gasteiger partial charge in [0.15, 0.2) is 0 Å². The van der Waals surface area contributed by atoms with Crippen LogP contribution in [0.2, 0.25) is 0 Å². The smallest absolute Gasteiger partial charge is 0.408 e. The number of nitrogens with zero attached hydrogens (tertiary/aromatic N) is 2. The Morgan fingerprint density at radius 2 is 1.96 bits per heavy atom. The lowest BCUT2D eigenvalue weighted by Crippen LogP contribution is -2.58. The van der Waals surface area contributed by atoms with Gasteiger partial charge in [-0.1, -0.05) is 19.1 Å². The Morgan fingerprint density at radius 1 is 1.29 bits per heavy atom. The zero-order chi connectivity index (χ0) is 20.5. The first-order chi connectivity index (χ1) is 13.1. The predicted molar refractivity (Wildman–Crippen MR) is 102 cm³/mol. The molecule has 1 aromatic heterocycles. The van der Waals surface area contributed by atoms with Crippen LogP contribution >= 0.6 is 0 Å². The van der Waals surface area contributed by atoms with Crippen molar-refractivity contribution in [2.75, 3.05) is 13.1 Å². The van der Waals surface area contributed by atoms with Crippen LogP contribution in [0.4, 0.5) is 13.6 Å². The fourth-order valence-electron chi connectivity index (χ4n) is 3.78. The fraction of sp³-hybridized carbons (Fsp3) is 0.550. The van der Waals surface area contributed by atoms with Crippen LogP contribution in [0.25, 0.3) is 11.0 Å². The second-order valence-electron chi connectivity index (χ2n) is 8.41. The maximum absolute atomic E-state index is 13.5. The molecular weight excluding hydrogens is 366 g/mol. The van der Waals surface area contributed by atoms with Gasteiger partial charge in [-0.3, -0.25) is 9.97 Å². The molecule has 3 rings (SSSR count). The lowest BCUT2D eigenvalue weighted by molar-refractivity contribution is 0.0415. The van der Waals surface area contributed by atoms with Gasteiger partial charge in [0.1, 0.15) is 5.60 Å². The summed E-state index contributed by atoms with van der Waals surface area (Å²) in [6.07, 6.45) is 0.277. The van der Waals surface area contributed by atoms with Crippen molar-refractivity contribution in [2.45, 2.75) is 51.7 Å². The molecule has 1 aliphatic heterocycles. The van der Waals surface area contributed by atoms with E-state index in [4.69, 9.17) is 4.74 Å². The number of fused-ring (bicyclic) bond motifs is 1. The highest BCUT2D eigenvalue weighted by molar-refractivity contribution is 5.83. The number of nitrogens with one attached hydrogen (secondary N) is 2. The normalized spacial score (nSPS) is 23.0. The van der Waals surface area contributed by atoms with Gasteiger partial charge in [0, 0.05) is 30.1 Å². The van der Waals surface area contributed by atoms with Crippen LogP contribution in [-0.2, 0) is 10.3 Å². The molecule has 8 heteroatoms. The highest BCUT2D eigenvalue weighted by Crippen LogP contribution is 2.37. The number of aromatic nitrogens is 2. The minimum Gasteiger partial charge on any atom is -0.444 e. The lowest BCUT2D eigenvalue weighted by atomic mass is 9.78. The van der Waals surface area contributed by atoms with Crippen molar-refractivity contribution in [1.82, 2.24) is 20.6 Å². The van der Waals surface area contributed by atoms with E-state index in [1.165, 1.54) is 18.5 Å². The van der Waals surface area contributed by atoms with Crippen molar-refractivity contribution in [1.29, 1.82) is 0 Å². The number of rotatable bonds is 3. The number of ether oxygens (including phenoxy) is 1. The van der Waals surface area contributed by atoms with Crippen LogP contribution < -0.4 is 10.6 Å². The molecule has 152 valence electrons. The topological polar surface area (TPSA) is 76.1 Å². The van der Waals surface area contributed by atoms with Crippen molar-refractivity contribution in [2.24, 2.45) is 5.92 Å². The molecule has 0 radical (unpaired) electrons. The highest BCUT2D eigenvalue weighted by atomic mass is 19.3. The molecule has 1 aromatic carbocycles. The summed E-state index contributed by atoms with van der Waals surface area (Å²) in [6.45, 7) is 8.68. The molecule has 1 fully saturated rings. The van der Waals surface area contributed by atoms with Gasteiger partial charge in [-0.05, 0) is 39.7 Å². The van der Waals surface area contributed by atoms with Crippen molar-refractivity contribution in [3.05, 3.63) is 35.7 Å². The summed E-state index contributed by atoms with van der Waals surface area (Å²) in [5, 5.41) is 6.33. The van der Waals surface area contributed by atoms with Crippen LogP contribution in [0.15, 0.2) is 24.5 Å². The van der Waals surface area contributed by atoms with Gasteiger partial charge < -0.3 is 15.4 Å². The molecule has 0 spiro atoms. The molecule has 2 atom stereocenters. The van der Waals surface area contributed by atoms with Crippen molar-refractivity contribution in [3.63, 3.8) is 0 Å². The van der Waals surface area contributed by atoms with E-state index < -0.39 is 23.7 Å². The van der Waals surface area contributed by atoms with Gasteiger partial charge in [-0.15, -0.1) is 0 Å². The lowest BCUT2D eigenvalue weighted by Gasteiger charge is -2.42. The zero-order valence-electron chi connectivity index (χ0n) is 16.6. The average Bonchev–Trinajstić information content (AvgIpc) is 2.58. The second-order valence-corrected chi connectivity index (χ2v) is 8.41. The second kappa shape index (κ2) is 7.58. The van der Waals surface area contributed by atoms with Crippen LogP contribution in [0, 0.1) is 5.92 Å². The standard InChI is InChI=1S/C20H26F2N4O2/c1-12-9-20(11-23-10-12,26-18(27)28-19(2,3)4)14-6-5-13(17(21)22)15-16(14)25-8-7-24-15/h5-8,12,17,23H,9-11H2,1-4H3,(H,26,27)/t12-,20-/m0/s1. The first-order valence-corrected chi connectivity index (χ1v) is 9.35. The molecule has 2 N–H and O–H groups in total. The van der Waals surface area contributed by atoms with E-state index >= 15 is 0 Å². The summed E-state index contributed by atoms with van der Waals surface area (Å²) in [6, 6.07) is 2.99. The van der Waals surface area contributed by atoms with Gasteiger partial charge >= 0.3 is 6.09 Å². The molecule has 1 aliphatic rings. The van der Waals surface area contributed by atoms with E-state index in [-0.39, 0.29) is 17.0 Å². The van der Waals surface area contributed by atoms with Crippen molar-refractivity contribution >= 4 is 17.1 Å². The van der Waals surface area contributed by atoms with E-state index in [1.807, 2.05) is 0 Å². The van der Waals surface area contributed by atoms with Crippen molar-refractivity contribution < 1.29 is 18.3 Å². The fourth-order valence-corrected chi connectivity index (χ4v) is 3.78. The zero-order valence-corrected chi connectivity index (χ0v) is 16.6. The summed E-state index contributed by atoms with van der Waals surface area (Å²) in [4.78, 5) is 21.1. The summed E-state index contributed by atoms with van der Waals surface area (Å²) in [5.74, 6) is 0.255. The number of alkyl halides is 2. The molecular formula is C20H26F2N4O2. The number of alkyl carbamates (subject to hydrolysis) is 1. The number of hydrogen-bond donors (Lipinski definition) is 2. The number of hydrogen-bond acceptors (Lipinski definition) is 5. The Kier molecular flexibility index (Phi) is 5.52. The first kappa shape index (κ1) is 20.4. The SMILES string of the molecule is C[C@@H]1CNC[C@](NC(=O)OC(C)(C)C)(c2ccc(C(F)F)c3nccnc23)C1. The quantitative estimate of drug-likeness (QED) is 0.828. The van der Waals surface area contributed by atoms with Gasteiger partial charge in [-0.2, -0.15) is 0 Å². The summed E-state index contributed by atoms with van der Waals surface area (Å²) in [7, 11) is 0. The molecule has 1 amide bonds. The molecule has 0 unspecified atom stereocenters. The molecule has 6 nitrogen and oxygen atoms in total. The number of carbonyl (C=O) groups excluding carboxylic acids is 1. The van der Waals surface area contributed by atoms with Crippen LogP contribution in [0.3, 0.4) is 0 Å². The number of piperidine rings is 1. The van der Waals surface area contributed by atoms with E-state index in [1.54, 1.807) is 26.8 Å². The van der Waals surface area contributed by atoms with Gasteiger partial charge in [-0.25, -0.2) is 13.6 Å². The van der Waals surface area contributed by atoms with E-state index in [0.717, 1.165) is 6.54 Å². The van der Waals surface area contributed by atoms with Gasteiger partial charge in [0.25, 0.3) is 6.43 Å². The van der Waals surface area contributed by atoms with Crippen molar-refractivity contribution in [3.8, 4) is 0 Å². The molecule has 1 saturated heterocycles. The average molecular weight is 392 g/mol. The Balaban J connectivity index is 2.11. The maximum atomic E-state index is 13.5. The summed E-state index contributed by atoms with van der Waals surface area (Å²) < 4.78 is 32.4. The predicted octanol–water partition coefficient (Wildman–Crippen LogP) is 3.92. The number of amides is 1. The maximum Gasteiger partial charge on any atom is 0.408 e. The summed E-state index contributed by atoms with van der Waals surface area (Å²) >= 11 is 0.